The van der Waals surface area contributed by atoms with E-state index in [4.69, 9.17) is 4.74 Å². The van der Waals surface area contributed by atoms with Crippen LogP contribution in [0.15, 0.2) is 47.4 Å². The molecule has 8 nitrogen and oxygen atoms in total. The summed E-state index contributed by atoms with van der Waals surface area (Å²) in [6.45, 7) is 5.10. The van der Waals surface area contributed by atoms with Crippen molar-refractivity contribution in [3.05, 3.63) is 53.6 Å². The molecule has 1 saturated heterocycles. The maximum atomic E-state index is 12.9. The first-order chi connectivity index (χ1) is 15.3. The van der Waals surface area contributed by atoms with E-state index >= 15 is 0 Å². The minimum Gasteiger partial charge on any atom is -0.379 e. The van der Waals surface area contributed by atoms with Gasteiger partial charge in [0.25, 0.3) is 0 Å². The molecule has 0 spiro atoms. The Balaban J connectivity index is 1.53. The summed E-state index contributed by atoms with van der Waals surface area (Å²) in [5.74, 6) is -0.295. The third kappa shape index (κ3) is 6.55. The van der Waals surface area contributed by atoms with Crippen molar-refractivity contribution in [2.75, 3.05) is 48.4 Å². The maximum Gasteiger partial charge on any atom is 0.243 e. The van der Waals surface area contributed by atoms with Crippen molar-refractivity contribution in [2.24, 2.45) is 0 Å². The van der Waals surface area contributed by atoms with E-state index < -0.39 is 10.0 Å². The number of morpholine rings is 1. The van der Waals surface area contributed by atoms with Crippen molar-refractivity contribution >= 4 is 45.0 Å². The summed E-state index contributed by atoms with van der Waals surface area (Å²) >= 11 is 1.18. The van der Waals surface area contributed by atoms with Gasteiger partial charge < -0.3 is 15.4 Å². The van der Waals surface area contributed by atoms with Gasteiger partial charge in [0.05, 0.1) is 29.6 Å². The van der Waals surface area contributed by atoms with Gasteiger partial charge in [0.1, 0.15) is 0 Å². The van der Waals surface area contributed by atoms with E-state index in [0.29, 0.717) is 37.7 Å². The summed E-state index contributed by atoms with van der Waals surface area (Å²) in [4.78, 5) is 24.5. The smallest absolute Gasteiger partial charge is 0.243 e. The molecule has 0 radical (unpaired) electrons. The maximum absolute atomic E-state index is 12.9. The lowest BCUT2D eigenvalue weighted by Gasteiger charge is -2.26. The van der Waals surface area contributed by atoms with Crippen LogP contribution in [0.5, 0.6) is 0 Å². The van der Waals surface area contributed by atoms with E-state index in [1.54, 1.807) is 19.1 Å². The molecule has 2 aromatic rings. The summed E-state index contributed by atoms with van der Waals surface area (Å²) in [6.07, 6.45) is 0. The number of carbonyl (C=O) groups is 2. The van der Waals surface area contributed by atoms with Gasteiger partial charge in [-0.2, -0.15) is 4.31 Å². The number of nitrogens with zero attached hydrogens (tertiary/aromatic N) is 1. The van der Waals surface area contributed by atoms with Crippen LogP contribution in [0.2, 0.25) is 0 Å². The molecule has 0 saturated carbocycles. The van der Waals surface area contributed by atoms with Crippen LogP contribution in [0.25, 0.3) is 0 Å². The zero-order chi connectivity index (χ0) is 23.1. The number of thioether (sulfide) groups is 1. The van der Waals surface area contributed by atoms with Crippen molar-refractivity contribution in [1.29, 1.82) is 0 Å². The molecule has 3 rings (SSSR count). The Morgan fingerprint density at radius 2 is 1.59 bits per heavy atom. The molecule has 1 aliphatic heterocycles. The van der Waals surface area contributed by atoms with Crippen molar-refractivity contribution < 1.29 is 22.7 Å². The number of hydrogen-bond donors (Lipinski definition) is 2. The second kappa shape index (κ2) is 11.0. The summed E-state index contributed by atoms with van der Waals surface area (Å²) in [6, 6.07) is 12.2. The number of rotatable bonds is 8. The van der Waals surface area contributed by atoms with Crippen LogP contribution in [-0.4, -0.2) is 62.3 Å². The normalized spacial score (nSPS) is 14.7. The largest absolute Gasteiger partial charge is 0.379 e. The van der Waals surface area contributed by atoms with E-state index in [1.807, 2.05) is 31.2 Å². The second-order valence-electron chi connectivity index (χ2n) is 7.45. The van der Waals surface area contributed by atoms with Crippen LogP contribution in [0.3, 0.4) is 0 Å². The van der Waals surface area contributed by atoms with Gasteiger partial charge in [-0.25, -0.2) is 8.42 Å². The van der Waals surface area contributed by atoms with Gasteiger partial charge >= 0.3 is 0 Å². The summed E-state index contributed by atoms with van der Waals surface area (Å²) < 4.78 is 32.3. The number of anilines is 2. The van der Waals surface area contributed by atoms with Gasteiger partial charge in [-0.15, -0.1) is 11.8 Å². The molecule has 0 bridgehead atoms. The van der Waals surface area contributed by atoms with Crippen molar-refractivity contribution in [1.82, 2.24) is 4.31 Å². The lowest BCUT2D eigenvalue weighted by atomic mass is 10.2. The SMILES string of the molecule is Cc1ccc(NC(=O)CSCC(=O)Nc2cc(S(=O)(=O)N3CCOCC3)ccc2C)cc1. The standard InChI is InChI=1S/C22H27N3O5S2/c1-16-3-6-18(7-4-16)23-21(26)14-31-15-22(27)24-20-13-19(8-5-17(20)2)32(28,29)25-9-11-30-12-10-25/h3-8,13H,9-12,14-15H2,1-2H3,(H,23,26)(H,24,27). The van der Waals surface area contributed by atoms with Crippen LogP contribution >= 0.6 is 11.8 Å². The number of benzene rings is 2. The van der Waals surface area contributed by atoms with E-state index in [-0.39, 0.29) is 28.2 Å². The molecular formula is C22H27N3O5S2. The molecule has 1 fully saturated rings. The molecule has 0 unspecified atom stereocenters. The average Bonchev–Trinajstić information content (AvgIpc) is 2.77. The zero-order valence-corrected chi connectivity index (χ0v) is 19.7. The summed E-state index contributed by atoms with van der Waals surface area (Å²) in [5.41, 5.74) is 3.00. The number of aryl methyl sites for hydroxylation is 2. The van der Waals surface area contributed by atoms with Crippen LogP contribution in [0, 0.1) is 13.8 Å². The van der Waals surface area contributed by atoms with Gasteiger partial charge in [0, 0.05) is 24.5 Å². The van der Waals surface area contributed by atoms with E-state index in [9.17, 15) is 18.0 Å². The molecule has 2 N–H and O–H groups in total. The predicted molar refractivity (Wildman–Crippen MR) is 127 cm³/mol. The Kier molecular flexibility index (Phi) is 8.30. The van der Waals surface area contributed by atoms with Crippen LogP contribution in [0.4, 0.5) is 11.4 Å². The summed E-state index contributed by atoms with van der Waals surface area (Å²) in [5, 5.41) is 5.54. The molecule has 2 aromatic carbocycles. The molecule has 172 valence electrons. The second-order valence-corrected chi connectivity index (χ2v) is 10.4. The fourth-order valence-electron chi connectivity index (χ4n) is 3.09. The van der Waals surface area contributed by atoms with E-state index in [1.165, 1.54) is 22.1 Å². The van der Waals surface area contributed by atoms with Crippen molar-refractivity contribution in [2.45, 2.75) is 18.7 Å². The van der Waals surface area contributed by atoms with Crippen LogP contribution < -0.4 is 10.6 Å². The lowest BCUT2D eigenvalue weighted by molar-refractivity contribution is -0.114. The molecule has 10 heteroatoms. The highest BCUT2D eigenvalue weighted by Gasteiger charge is 2.26. The van der Waals surface area contributed by atoms with E-state index in [2.05, 4.69) is 10.6 Å². The Morgan fingerprint density at radius 1 is 0.969 bits per heavy atom. The van der Waals surface area contributed by atoms with Gasteiger partial charge in [0.15, 0.2) is 0 Å². The highest BCUT2D eigenvalue weighted by molar-refractivity contribution is 8.00. The van der Waals surface area contributed by atoms with Gasteiger partial charge in [-0.1, -0.05) is 23.8 Å². The molecule has 0 aromatic heterocycles. The lowest BCUT2D eigenvalue weighted by Crippen LogP contribution is -2.40. The number of carbonyl (C=O) groups excluding carboxylic acids is 2. The number of amides is 2. The first-order valence-corrected chi connectivity index (χ1v) is 12.8. The minimum absolute atomic E-state index is 0.0706. The molecule has 1 aliphatic rings. The monoisotopic (exact) mass is 477 g/mol. The minimum atomic E-state index is -3.65. The number of hydrogen-bond acceptors (Lipinski definition) is 6. The Labute approximate surface area is 192 Å². The number of ether oxygens (including phenoxy) is 1. The quantitative estimate of drug-likeness (QED) is 0.606. The number of sulfonamides is 1. The Morgan fingerprint density at radius 3 is 2.25 bits per heavy atom. The number of nitrogens with one attached hydrogen (secondary N) is 2. The Bertz CT molecular complexity index is 1070. The van der Waals surface area contributed by atoms with Gasteiger partial charge in [-0.05, 0) is 43.7 Å². The van der Waals surface area contributed by atoms with Gasteiger partial charge in [0.2, 0.25) is 21.8 Å². The van der Waals surface area contributed by atoms with E-state index in [0.717, 1.165) is 11.1 Å². The molecule has 2 amide bonds. The van der Waals surface area contributed by atoms with Gasteiger partial charge in [-0.3, -0.25) is 9.59 Å². The molecule has 1 heterocycles. The van der Waals surface area contributed by atoms with Crippen molar-refractivity contribution in [3.8, 4) is 0 Å². The molecule has 0 atom stereocenters. The molecular weight excluding hydrogens is 450 g/mol. The predicted octanol–water partition coefficient (Wildman–Crippen LogP) is 2.63. The first-order valence-electron chi connectivity index (χ1n) is 10.2. The third-order valence-electron chi connectivity index (χ3n) is 4.89. The summed E-state index contributed by atoms with van der Waals surface area (Å²) in [7, 11) is -3.65. The molecule has 32 heavy (non-hydrogen) atoms. The third-order valence-corrected chi connectivity index (χ3v) is 7.72. The average molecular weight is 478 g/mol. The zero-order valence-electron chi connectivity index (χ0n) is 18.1. The van der Waals surface area contributed by atoms with Crippen molar-refractivity contribution in [3.63, 3.8) is 0 Å². The highest BCUT2D eigenvalue weighted by atomic mass is 32.2. The molecule has 0 aliphatic carbocycles. The fourth-order valence-corrected chi connectivity index (χ4v) is 5.14. The highest BCUT2D eigenvalue weighted by Crippen LogP contribution is 2.24. The first kappa shape index (κ1) is 24.2. The fraction of sp³-hybridized carbons (Fsp3) is 0.364. The van der Waals surface area contributed by atoms with Crippen LogP contribution in [-0.2, 0) is 24.3 Å². The topological polar surface area (TPSA) is 105 Å². The Hall–Kier alpha value is -2.40. The van der Waals surface area contributed by atoms with Crippen LogP contribution in [0.1, 0.15) is 11.1 Å².